The third-order valence-electron chi connectivity index (χ3n) is 3.08. The standard InChI is InChI=1S/C10H18N4O2S2/c1-6-8(4-3-5-12-6)14-10-13-7(2)9(17-10)18(11,15)16/h6,8,12H,3-5H2,1-2H3,(H,13,14)(H2,11,15,16). The van der Waals surface area contributed by atoms with Crippen molar-refractivity contribution < 1.29 is 8.42 Å². The number of aryl methyl sites for hydroxylation is 1. The van der Waals surface area contributed by atoms with Crippen molar-refractivity contribution >= 4 is 26.5 Å². The summed E-state index contributed by atoms with van der Waals surface area (Å²) in [6.45, 7) is 4.79. The van der Waals surface area contributed by atoms with Crippen molar-refractivity contribution in [2.75, 3.05) is 11.9 Å². The van der Waals surface area contributed by atoms with E-state index < -0.39 is 10.0 Å². The third kappa shape index (κ3) is 3.00. The molecule has 1 saturated heterocycles. The number of sulfonamides is 1. The van der Waals surface area contributed by atoms with Crippen molar-refractivity contribution in [2.24, 2.45) is 5.14 Å². The highest BCUT2D eigenvalue weighted by molar-refractivity contribution is 7.91. The minimum absolute atomic E-state index is 0.140. The molecular formula is C10H18N4O2S2. The minimum atomic E-state index is -3.67. The average molecular weight is 290 g/mol. The summed E-state index contributed by atoms with van der Waals surface area (Å²) in [5.41, 5.74) is 0.460. The van der Waals surface area contributed by atoms with Gasteiger partial charge < -0.3 is 10.6 Å². The molecule has 1 aliphatic rings. The van der Waals surface area contributed by atoms with Crippen molar-refractivity contribution in [2.45, 2.75) is 43.0 Å². The topological polar surface area (TPSA) is 97.1 Å². The van der Waals surface area contributed by atoms with E-state index in [-0.39, 0.29) is 10.3 Å². The smallest absolute Gasteiger partial charge is 0.249 e. The first-order valence-corrected chi connectivity index (χ1v) is 8.24. The highest BCUT2D eigenvalue weighted by Gasteiger charge is 2.23. The van der Waals surface area contributed by atoms with Gasteiger partial charge in [-0.3, -0.25) is 0 Å². The van der Waals surface area contributed by atoms with Crippen LogP contribution in [0.25, 0.3) is 0 Å². The van der Waals surface area contributed by atoms with Crippen LogP contribution in [0.15, 0.2) is 4.21 Å². The molecule has 2 heterocycles. The third-order valence-corrected chi connectivity index (χ3v) is 5.73. The Morgan fingerprint density at radius 2 is 2.28 bits per heavy atom. The Labute approximate surface area is 111 Å². The molecule has 0 spiro atoms. The molecule has 0 bridgehead atoms. The second-order valence-corrected chi connectivity index (χ2v) is 7.33. The Balaban J connectivity index is 2.15. The summed E-state index contributed by atoms with van der Waals surface area (Å²) in [5.74, 6) is 0. The molecule has 2 unspecified atom stereocenters. The number of hydrogen-bond acceptors (Lipinski definition) is 6. The maximum absolute atomic E-state index is 11.3. The average Bonchev–Trinajstić information content (AvgIpc) is 2.63. The minimum Gasteiger partial charge on any atom is -0.357 e. The molecule has 2 rings (SSSR count). The van der Waals surface area contributed by atoms with Crippen LogP contribution in [0.3, 0.4) is 0 Å². The number of nitrogens with zero attached hydrogens (tertiary/aromatic N) is 1. The van der Waals surface area contributed by atoms with Crippen LogP contribution in [0.5, 0.6) is 0 Å². The molecule has 18 heavy (non-hydrogen) atoms. The predicted molar refractivity (Wildman–Crippen MR) is 72.3 cm³/mol. The van der Waals surface area contributed by atoms with E-state index in [0.29, 0.717) is 16.9 Å². The zero-order valence-corrected chi connectivity index (χ0v) is 12.1. The summed E-state index contributed by atoms with van der Waals surface area (Å²) in [5, 5.41) is 12.4. The molecule has 0 radical (unpaired) electrons. The second kappa shape index (κ2) is 5.12. The summed E-state index contributed by atoms with van der Waals surface area (Å²) >= 11 is 1.10. The van der Waals surface area contributed by atoms with Crippen molar-refractivity contribution in [3.05, 3.63) is 5.69 Å². The zero-order valence-electron chi connectivity index (χ0n) is 10.4. The largest absolute Gasteiger partial charge is 0.357 e. The van der Waals surface area contributed by atoms with Gasteiger partial charge in [-0.15, -0.1) is 0 Å². The molecule has 0 aromatic carbocycles. The fraction of sp³-hybridized carbons (Fsp3) is 0.700. The number of nitrogens with two attached hydrogens (primary N) is 1. The fourth-order valence-corrected chi connectivity index (χ4v) is 4.03. The molecule has 0 amide bonds. The van der Waals surface area contributed by atoms with Gasteiger partial charge in [0.05, 0.1) is 5.69 Å². The number of aromatic nitrogens is 1. The molecule has 6 nitrogen and oxygen atoms in total. The fourth-order valence-electron chi connectivity index (χ4n) is 2.11. The van der Waals surface area contributed by atoms with Gasteiger partial charge in [0.15, 0.2) is 9.34 Å². The molecular weight excluding hydrogens is 272 g/mol. The van der Waals surface area contributed by atoms with Crippen LogP contribution in [-0.4, -0.2) is 32.0 Å². The number of primary sulfonamides is 1. The van der Waals surface area contributed by atoms with Crippen molar-refractivity contribution in [1.82, 2.24) is 10.3 Å². The van der Waals surface area contributed by atoms with E-state index in [0.717, 1.165) is 30.7 Å². The van der Waals surface area contributed by atoms with Crippen LogP contribution >= 0.6 is 11.3 Å². The van der Waals surface area contributed by atoms with Crippen molar-refractivity contribution in [3.63, 3.8) is 0 Å². The molecule has 1 aliphatic heterocycles. The number of rotatable bonds is 3. The van der Waals surface area contributed by atoms with E-state index in [9.17, 15) is 8.42 Å². The van der Waals surface area contributed by atoms with Gasteiger partial charge in [-0.05, 0) is 33.2 Å². The molecule has 2 atom stereocenters. The molecule has 8 heteroatoms. The molecule has 0 aliphatic carbocycles. The van der Waals surface area contributed by atoms with E-state index in [4.69, 9.17) is 5.14 Å². The molecule has 1 aromatic rings. The van der Waals surface area contributed by atoms with Gasteiger partial charge in [0.25, 0.3) is 0 Å². The Bertz CT molecular complexity index is 526. The van der Waals surface area contributed by atoms with E-state index in [1.165, 1.54) is 0 Å². The summed E-state index contributed by atoms with van der Waals surface area (Å²) < 4.78 is 22.8. The van der Waals surface area contributed by atoms with Crippen molar-refractivity contribution in [1.29, 1.82) is 0 Å². The highest BCUT2D eigenvalue weighted by atomic mass is 32.2. The van der Waals surface area contributed by atoms with Crippen LogP contribution in [0.2, 0.25) is 0 Å². The lowest BCUT2D eigenvalue weighted by Gasteiger charge is -2.30. The van der Waals surface area contributed by atoms with Crippen LogP contribution < -0.4 is 15.8 Å². The van der Waals surface area contributed by atoms with Crippen LogP contribution in [-0.2, 0) is 10.0 Å². The first kappa shape index (κ1) is 13.7. The lowest BCUT2D eigenvalue weighted by molar-refractivity contribution is 0.389. The number of nitrogens with one attached hydrogen (secondary N) is 2. The van der Waals surface area contributed by atoms with Gasteiger partial charge in [-0.2, -0.15) is 0 Å². The Morgan fingerprint density at radius 1 is 1.56 bits per heavy atom. The van der Waals surface area contributed by atoms with Crippen LogP contribution in [0, 0.1) is 6.92 Å². The zero-order chi connectivity index (χ0) is 13.3. The summed E-state index contributed by atoms with van der Waals surface area (Å²) in [4.78, 5) is 4.23. The lowest BCUT2D eigenvalue weighted by Crippen LogP contribution is -2.46. The first-order valence-electron chi connectivity index (χ1n) is 5.88. The molecule has 102 valence electrons. The van der Waals surface area contributed by atoms with Gasteiger partial charge in [0.2, 0.25) is 10.0 Å². The van der Waals surface area contributed by atoms with Gasteiger partial charge >= 0.3 is 0 Å². The number of piperidine rings is 1. The first-order chi connectivity index (χ1) is 8.38. The lowest BCUT2D eigenvalue weighted by atomic mass is 10.0. The van der Waals surface area contributed by atoms with Gasteiger partial charge in [-0.25, -0.2) is 18.5 Å². The SMILES string of the molecule is Cc1nc(NC2CCCNC2C)sc1S(N)(=O)=O. The van der Waals surface area contributed by atoms with Gasteiger partial charge in [0, 0.05) is 12.1 Å². The van der Waals surface area contributed by atoms with Gasteiger partial charge in [-0.1, -0.05) is 11.3 Å². The number of anilines is 1. The maximum Gasteiger partial charge on any atom is 0.249 e. The second-order valence-electron chi connectivity index (χ2n) is 4.57. The highest BCUT2D eigenvalue weighted by Crippen LogP contribution is 2.27. The summed E-state index contributed by atoms with van der Waals surface area (Å²) in [6.07, 6.45) is 2.16. The monoisotopic (exact) mass is 290 g/mol. The number of thiazole rings is 1. The van der Waals surface area contributed by atoms with Crippen molar-refractivity contribution in [3.8, 4) is 0 Å². The Kier molecular flexibility index (Phi) is 3.90. The Morgan fingerprint density at radius 3 is 2.83 bits per heavy atom. The van der Waals surface area contributed by atoms with E-state index in [1.54, 1.807) is 6.92 Å². The quantitative estimate of drug-likeness (QED) is 0.759. The summed E-state index contributed by atoms with van der Waals surface area (Å²) in [6, 6.07) is 0.624. The molecule has 4 N–H and O–H groups in total. The predicted octanol–water partition coefficient (Wildman–Crippen LogP) is 0.651. The molecule has 1 aromatic heterocycles. The normalized spacial score (nSPS) is 25.1. The van der Waals surface area contributed by atoms with E-state index in [1.807, 2.05) is 0 Å². The number of hydrogen-bond donors (Lipinski definition) is 3. The van der Waals surface area contributed by atoms with E-state index >= 15 is 0 Å². The molecule has 1 fully saturated rings. The van der Waals surface area contributed by atoms with E-state index in [2.05, 4.69) is 22.5 Å². The maximum atomic E-state index is 11.3. The molecule has 0 saturated carbocycles. The van der Waals surface area contributed by atoms with Crippen LogP contribution in [0.4, 0.5) is 5.13 Å². The summed E-state index contributed by atoms with van der Waals surface area (Å²) in [7, 11) is -3.67. The Hall–Kier alpha value is -0.700. The van der Waals surface area contributed by atoms with Gasteiger partial charge in [0.1, 0.15) is 0 Å². The van der Waals surface area contributed by atoms with Crippen LogP contribution in [0.1, 0.15) is 25.5 Å².